The third-order valence-electron chi connectivity index (χ3n) is 3.15. The minimum atomic E-state index is -1.22. The highest BCUT2D eigenvalue weighted by Gasteiger charge is 2.25. The molecule has 3 N–H and O–H groups in total. The van der Waals surface area contributed by atoms with Crippen molar-refractivity contribution in [2.24, 2.45) is 5.92 Å². The standard InChI is InChI=1S/C11H20N2O4/c1-2-13(6-8-4-3-5-8)11(17)12-9(7-14)10(15)16/h8-9,14H,2-7H2,1H3,(H,12,17)(H,15,16). The van der Waals surface area contributed by atoms with E-state index in [-0.39, 0.29) is 0 Å². The first-order valence-corrected chi connectivity index (χ1v) is 5.97. The largest absolute Gasteiger partial charge is 0.480 e. The van der Waals surface area contributed by atoms with Crippen LogP contribution in [0, 0.1) is 5.92 Å². The molecule has 0 aromatic carbocycles. The van der Waals surface area contributed by atoms with Gasteiger partial charge in [-0.3, -0.25) is 0 Å². The van der Waals surface area contributed by atoms with E-state index in [9.17, 15) is 9.59 Å². The van der Waals surface area contributed by atoms with Gasteiger partial charge in [-0.2, -0.15) is 0 Å². The lowest BCUT2D eigenvalue weighted by Gasteiger charge is -2.32. The number of carboxylic acids is 1. The van der Waals surface area contributed by atoms with E-state index >= 15 is 0 Å². The summed E-state index contributed by atoms with van der Waals surface area (Å²) in [5.74, 6) is -0.682. The minimum Gasteiger partial charge on any atom is -0.480 e. The molecule has 0 aromatic heterocycles. The van der Waals surface area contributed by atoms with Crippen molar-refractivity contribution in [1.29, 1.82) is 0 Å². The number of aliphatic hydroxyl groups excluding tert-OH is 1. The zero-order valence-electron chi connectivity index (χ0n) is 10.1. The van der Waals surface area contributed by atoms with Crippen LogP contribution in [0.15, 0.2) is 0 Å². The third-order valence-corrected chi connectivity index (χ3v) is 3.15. The van der Waals surface area contributed by atoms with Crippen LogP contribution in [0.25, 0.3) is 0 Å². The van der Waals surface area contributed by atoms with Crippen molar-refractivity contribution in [3.8, 4) is 0 Å². The van der Waals surface area contributed by atoms with E-state index in [0.717, 1.165) is 12.8 Å². The molecule has 2 amide bonds. The Kier molecular flexibility index (Phi) is 5.21. The fourth-order valence-electron chi connectivity index (χ4n) is 1.77. The highest BCUT2D eigenvalue weighted by Crippen LogP contribution is 2.26. The molecule has 0 bridgehead atoms. The first-order chi connectivity index (χ1) is 8.08. The summed E-state index contributed by atoms with van der Waals surface area (Å²) in [6, 6.07) is -1.64. The maximum Gasteiger partial charge on any atom is 0.328 e. The van der Waals surface area contributed by atoms with E-state index in [4.69, 9.17) is 10.2 Å². The number of nitrogens with zero attached hydrogens (tertiary/aromatic N) is 1. The van der Waals surface area contributed by atoms with Gasteiger partial charge in [0.1, 0.15) is 0 Å². The van der Waals surface area contributed by atoms with Gasteiger partial charge in [0.25, 0.3) is 0 Å². The lowest BCUT2D eigenvalue weighted by molar-refractivity contribution is -0.140. The smallest absolute Gasteiger partial charge is 0.328 e. The van der Waals surface area contributed by atoms with E-state index < -0.39 is 24.6 Å². The molecule has 1 aliphatic rings. The molecule has 1 aliphatic carbocycles. The number of carbonyl (C=O) groups is 2. The van der Waals surface area contributed by atoms with Crippen molar-refractivity contribution in [3.63, 3.8) is 0 Å². The average Bonchev–Trinajstić information content (AvgIpc) is 2.23. The lowest BCUT2D eigenvalue weighted by Crippen LogP contribution is -2.50. The fourth-order valence-corrected chi connectivity index (χ4v) is 1.77. The van der Waals surface area contributed by atoms with Crippen LogP contribution in [0.5, 0.6) is 0 Å². The molecule has 1 unspecified atom stereocenters. The molecule has 98 valence electrons. The van der Waals surface area contributed by atoms with Gasteiger partial charge < -0.3 is 20.4 Å². The van der Waals surface area contributed by atoms with Crippen molar-refractivity contribution in [1.82, 2.24) is 10.2 Å². The number of hydrogen-bond acceptors (Lipinski definition) is 3. The topological polar surface area (TPSA) is 89.9 Å². The Morgan fingerprint density at radius 3 is 2.47 bits per heavy atom. The summed E-state index contributed by atoms with van der Waals surface area (Å²) in [5, 5.41) is 19.9. The summed E-state index contributed by atoms with van der Waals surface area (Å²) in [4.78, 5) is 24.0. The number of aliphatic hydroxyl groups is 1. The molecule has 0 saturated heterocycles. The van der Waals surface area contributed by atoms with Crippen molar-refractivity contribution in [3.05, 3.63) is 0 Å². The van der Waals surface area contributed by atoms with Gasteiger partial charge in [0.2, 0.25) is 0 Å². The molecular formula is C11H20N2O4. The van der Waals surface area contributed by atoms with Gasteiger partial charge >= 0.3 is 12.0 Å². The predicted octanol–water partition coefficient (Wildman–Crippen LogP) is 0.263. The highest BCUT2D eigenvalue weighted by molar-refractivity contribution is 5.82. The van der Waals surface area contributed by atoms with Crippen LogP contribution in [-0.2, 0) is 4.79 Å². The Bertz CT molecular complexity index is 279. The first-order valence-electron chi connectivity index (χ1n) is 5.97. The highest BCUT2D eigenvalue weighted by atomic mass is 16.4. The minimum absolute atomic E-state index is 0.416. The van der Waals surface area contributed by atoms with E-state index in [1.807, 2.05) is 6.92 Å². The molecule has 0 heterocycles. The zero-order valence-corrected chi connectivity index (χ0v) is 10.1. The lowest BCUT2D eigenvalue weighted by atomic mass is 9.85. The van der Waals surface area contributed by atoms with Gasteiger partial charge in [-0.25, -0.2) is 9.59 Å². The van der Waals surface area contributed by atoms with Crippen LogP contribution < -0.4 is 5.32 Å². The number of rotatable bonds is 6. The molecule has 1 rings (SSSR count). The average molecular weight is 244 g/mol. The van der Waals surface area contributed by atoms with Gasteiger partial charge in [-0.05, 0) is 25.7 Å². The number of carbonyl (C=O) groups excluding carboxylic acids is 1. The van der Waals surface area contributed by atoms with Crippen molar-refractivity contribution in [2.45, 2.75) is 32.2 Å². The van der Waals surface area contributed by atoms with Gasteiger partial charge in [0.15, 0.2) is 6.04 Å². The van der Waals surface area contributed by atoms with E-state index in [2.05, 4.69) is 5.32 Å². The summed E-state index contributed by atoms with van der Waals surface area (Å²) in [5.41, 5.74) is 0. The molecule has 0 radical (unpaired) electrons. The second kappa shape index (κ2) is 6.44. The molecule has 0 spiro atoms. The van der Waals surface area contributed by atoms with Crippen LogP contribution >= 0.6 is 0 Å². The number of hydrogen-bond donors (Lipinski definition) is 3. The van der Waals surface area contributed by atoms with Gasteiger partial charge in [-0.1, -0.05) is 6.42 Å². The molecular weight excluding hydrogens is 224 g/mol. The van der Waals surface area contributed by atoms with Crippen LogP contribution in [0.4, 0.5) is 4.79 Å². The summed E-state index contributed by atoms with van der Waals surface area (Å²) >= 11 is 0. The Balaban J connectivity index is 2.44. The molecule has 0 aliphatic heterocycles. The second-order valence-electron chi connectivity index (χ2n) is 4.36. The molecule has 1 fully saturated rings. The van der Waals surface area contributed by atoms with Crippen molar-refractivity contribution >= 4 is 12.0 Å². The van der Waals surface area contributed by atoms with E-state index in [1.165, 1.54) is 6.42 Å². The quantitative estimate of drug-likeness (QED) is 0.625. The molecule has 0 aromatic rings. The molecule has 1 atom stereocenters. The Morgan fingerprint density at radius 2 is 2.12 bits per heavy atom. The molecule has 1 saturated carbocycles. The molecule has 6 nitrogen and oxygen atoms in total. The van der Waals surface area contributed by atoms with Crippen molar-refractivity contribution < 1.29 is 19.8 Å². The second-order valence-corrected chi connectivity index (χ2v) is 4.36. The van der Waals surface area contributed by atoms with Gasteiger partial charge in [0, 0.05) is 13.1 Å². The Morgan fingerprint density at radius 1 is 1.47 bits per heavy atom. The third kappa shape index (κ3) is 3.89. The number of urea groups is 1. The normalized spacial score (nSPS) is 17.1. The zero-order chi connectivity index (χ0) is 12.8. The summed E-state index contributed by atoms with van der Waals surface area (Å²) in [7, 11) is 0. The van der Waals surface area contributed by atoms with E-state index in [1.54, 1.807) is 4.90 Å². The number of aliphatic carboxylic acids is 1. The van der Waals surface area contributed by atoms with Crippen LogP contribution in [0.3, 0.4) is 0 Å². The Hall–Kier alpha value is -1.30. The number of amides is 2. The first kappa shape index (κ1) is 13.8. The van der Waals surface area contributed by atoms with Gasteiger partial charge in [-0.15, -0.1) is 0 Å². The fraction of sp³-hybridized carbons (Fsp3) is 0.818. The summed E-state index contributed by atoms with van der Waals surface area (Å²) in [6.07, 6.45) is 3.47. The van der Waals surface area contributed by atoms with Crippen LogP contribution in [0.2, 0.25) is 0 Å². The summed E-state index contributed by atoms with van der Waals surface area (Å²) < 4.78 is 0. The maximum absolute atomic E-state index is 11.8. The SMILES string of the molecule is CCN(CC1CCC1)C(=O)NC(CO)C(=O)O. The molecule has 17 heavy (non-hydrogen) atoms. The van der Waals surface area contributed by atoms with Crippen LogP contribution in [-0.4, -0.2) is 52.9 Å². The van der Waals surface area contributed by atoms with Gasteiger partial charge in [0.05, 0.1) is 6.61 Å². The predicted molar refractivity (Wildman–Crippen MR) is 61.6 cm³/mol. The molecule has 6 heteroatoms. The number of carboxylic acid groups (broad SMARTS) is 1. The maximum atomic E-state index is 11.8. The van der Waals surface area contributed by atoms with Crippen molar-refractivity contribution in [2.75, 3.05) is 19.7 Å². The Labute approximate surface area is 101 Å². The van der Waals surface area contributed by atoms with E-state index in [0.29, 0.717) is 19.0 Å². The number of nitrogens with one attached hydrogen (secondary N) is 1. The van der Waals surface area contributed by atoms with Crippen LogP contribution in [0.1, 0.15) is 26.2 Å². The summed E-state index contributed by atoms with van der Waals surface area (Å²) in [6.45, 7) is 2.47. The monoisotopic (exact) mass is 244 g/mol.